The number of amides is 6. The number of aromatic nitrogens is 3. The molecule has 60 heavy (non-hydrogen) atoms. The molecule has 3 aromatic carbocycles. The monoisotopic (exact) mass is 822 g/mol. The molecule has 4 heterocycles. The SMILES string of the molecule is CC(C)(C)c1cc(NC(=O)Nc2ccc(-n3cnc4cc(OCCOCCOCCOCCNc5cccc6c5C(=O)N(C5CCC(=O)NC5=O)C6=O)ccc43)cc2)no1. The molecule has 2 aliphatic heterocycles. The largest absolute Gasteiger partial charge is 0.491 e. The zero-order valence-corrected chi connectivity index (χ0v) is 33.4. The van der Waals surface area contributed by atoms with Gasteiger partial charge in [-0.1, -0.05) is 32.0 Å². The van der Waals surface area contributed by atoms with Crippen molar-refractivity contribution >= 4 is 57.9 Å². The van der Waals surface area contributed by atoms with Crippen LogP contribution in [0.2, 0.25) is 0 Å². The number of ether oxygens (including phenoxy) is 4. The molecule has 314 valence electrons. The van der Waals surface area contributed by atoms with Gasteiger partial charge < -0.3 is 34.1 Å². The number of hydrogen-bond acceptors (Lipinski definition) is 13. The molecule has 0 saturated carbocycles. The topological polar surface area (TPSA) is 217 Å². The Balaban J connectivity index is 0.747. The third kappa shape index (κ3) is 9.79. The molecule has 7 rings (SSSR count). The molecule has 1 fully saturated rings. The second-order valence-corrected chi connectivity index (χ2v) is 15.0. The van der Waals surface area contributed by atoms with Gasteiger partial charge in [0.25, 0.3) is 11.8 Å². The van der Waals surface area contributed by atoms with Crippen LogP contribution in [0.5, 0.6) is 5.75 Å². The fourth-order valence-electron chi connectivity index (χ4n) is 6.64. The molecular weight excluding hydrogens is 777 g/mol. The lowest BCUT2D eigenvalue weighted by Gasteiger charge is -2.27. The van der Waals surface area contributed by atoms with E-state index in [2.05, 4.69) is 31.4 Å². The molecule has 0 aliphatic carbocycles. The van der Waals surface area contributed by atoms with E-state index in [1.54, 1.807) is 42.7 Å². The van der Waals surface area contributed by atoms with Crippen molar-refractivity contribution in [2.24, 2.45) is 0 Å². The highest BCUT2D eigenvalue weighted by atomic mass is 16.6. The first-order valence-electron chi connectivity index (χ1n) is 19.5. The van der Waals surface area contributed by atoms with E-state index in [-0.39, 0.29) is 29.4 Å². The maximum atomic E-state index is 13.2. The molecule has 1 unspecified atom stereocenters. The number of benzene rings is 3. The number of hydrogen-bond donors (Lipinski definition) is 4. The minimum Gasteiger partial charge on any atom is -0.491 e. The molecule has 5 aromatic rings. The van der Waals surface area contributed by atoms with E-state index in [0.29, 0.717) is 81.5 Å². The van der Waals surface area contributed by atoms with Gasteiger partial charge in [0.15, 0.2) is 5.82 Å². The summed E-state index contributed by atoms with van der Waals surface area (Å²) >= 11 is 0. The number of anilines is 3. The summed E-state index contributed by atoms with van der Waals surface area (Å²) in [6.45, 7) is 8.88. The van der Waals surface area contributed by atoms with E-state index < -0.39 is 35.7 Å². The zero-order chi connectivity index (χ0) is 42.2. The highest BCUT2D eigenvalue weighted by Crippen LogP contribution is 2.32. The van der Waals surface area contributed by atoms with Crippen LogP contribution < -0.4 is 26.0 Å². The van der Waals surface area contributed by atoms with Crippen LogP contribution in [0.25, 0.3) is 16.7 Å². The summed E-state index contributed by atoms with van der Waals surface area (Å²) < 4.78 is 30.0. The molecule has 0 spiro atoms. The van der Waals surface area contributed by atoms with Gasteiger partial charge in [-0.2, -0.15) is 0 Å². The lowest BCUT2D eigenvalue weighted by atomic mass is 9.93. The number of urea groups is 1. The summed E-state index contributed by atoms with van der Waals surface area (Å²) in [7, 11) is 0. The second-order valence-electron chi connectivity index (χ2n) is 15.0. The van der Waals surface area contributed by atoms with Crippen molar-refractivity contribution in [2.75, 3.05) is 68.7 Å². The third-order valence-electron chi connectivity index (χ3n) is 9.68. The van der Waals surface area contributed by atoms with E-state index in [4.69, 9.17) is 23.5 Å². The van der Waals surface area contributed by atoms with Gasteiger partial charge in [0.2, 0.25) is 11.8 Å². The number of fused-ring (bicyclic) bond motifs is 2. The molecule has 2 aliphatic rings. The predicted molar refractivity (Wildman–Crippen MR) is 218 cm³/mol. The quantitative estimate of drug-likeness (QED) is 0.0684. The normalized spacial score (nSPS) is 15.3. The Kier molecular flexibility index (Phi) is 12.8. The van der Waals surface area contributed by atoms with Crippen LogP contribution in [-0.4, -0.2) is 108 Å². The number of nitrogens with zero attached hydrogens (tertiary/aromatic N) is 4. The zero-order valence-electron chi connectivity index (χ0n) is 33.4. The summed E-state index contributed by atoms with van der Waals surface area (Å²) in [4.78, 5) is 68.1. The average Bonchev–Trinajstić information content (AvgIpc) is 3.94. The number of imide groups is 2. The maximum absolute atomic E-state index is 13.2. The molecule has 18 heteroatoms. The number of carbonyl (C=O) groups excluding carboxylic acids is 5. The van der Waals surface area contributed by atoms with Crippen LogP contribution in [0, 0.1) is 0 Å². The fraction of sp³-hybridized carbons (Fsp3) is 0.357. The Labute approximate surface area is 344 Å². The van der Waals surface area contributed by atoms with Gasteiger partial charge in [0, 0.05) is 47.6 Å². The summed E-state index contributed by atoms with van der Waals surface area (Å²) in [5.41, 5.74) is 3.79. The first-order valence-corrected chi connectivity index (χ1v) is 19.5. The fourth-order valence-corrected chi connectivity index (χ4v) is 6.64. The number of carbonyl (C=O) groups is 5. The third-order valence-corrected chi connectivity index (χ3v) is 9.68. The van der Waals surface area contributed by atoms with Crippen molar-refractivity contribution in [1.29, 1.82) is 0 Å². The number of imidazole rings is 1. The van der Waals surface area contributed by atoms with E-state index in [9.17, 15) is 24.0 Å². The maximum Gasteiger partial charge on any atom is 0.324 e. The van der Waals surface area contributed by atoms with Gasteiger partial charge in [0.05, 0.1) is 61.8 Å². The first-order chi connectivity index (χ1) is 29.0. The van der Waals surface area contributed by atoms with Gasteiger partial charge in [-0.25, -0.2) is 9.78 Å². The number of rotatable bonds is 18. The van der Waals surface area contributed by atoms with Crippen LogP contribution in [-0.2, 0) is 29.2 Å². The van der Waals surface area contributed by atoms with E-state index in [1.807, 2.05) is 55.7 Å². The van der Waals surface area contributed by atoms with E-state index in [0.717, 1.165) is 21.6 Å². The second kappa shape index (κ2) is 18.5. The average molecular weight is 823 g/mol. The summed E-state index contributed by atoms with van der Waals surface area (Å²) in [6, 6.07) is 18.2. The highest BCUT2D eigenvalue weighted by molar-refractivity contribution is 6.25. The minimum absolute atomic E-state index is 0.0578. The van der Waals surface area contributed by atoms with Crippen LogP contribution in [0.1, 0.15) is 60.1 Å². The van der Waals surface area contributed by atoms with Gasteiger partial charge in [0.1, 0.15) is 30.5 Å². The summed E-state index contributed by atoms with van der Waals surface area (Å²) in [6.07, 6.45) is 1.89. The lowest BCUT2D eigenvalue weighted by molar-refractivity contribution is -0.136. The van der Waals surface area contributed by atoms with Crippen molar-refractivity contribution in [3.63, 3.8) is 0 Å². The van der Waals surface area contributed by atoms with Gasteiger partial charge in [-0.3, -0.25) is 39.3 Å². The Morgan fingerprint density at radius 1 is 0.867 bits per heavy atom. The predicted octanol–water partition coefficient (Wildman–Crippen LogP) is 4.90. The molecule has 1 saturated heterocycles. The Hall–Kier alpha value is -6.63. The van der Waals surface area contributed by atoms with E-state index in [1.165, 1.54) is 0 Å². The summed E-state index contributed by atoms with van der Waals surface area (Å²) in [5.74, 6) is -0.522. The molecule has 4 N–H and O–H groups in total. The molecular formula is C42H46N8O10. The molecule has 1 atom stereocenters. The van der Waals surface area contributed by atoms with Crippen LogP contribution in [0.4, 0.5) is 22.0 Å². The van der Waals surface area contributed by atoms with Crippen LogP contribution in [0.3, 0.4) is 0 Å². The summed E-state index contributed by atoms with van der Waals surface area (Å²) in [5, 5.41) is 14.7. The number of piperidine rings is 1. The van der Waals surface area contributed by atoms with Crippen molar-refractivity contribution in [3.05, 3.63) is 89.9 Å². The molecule has 0 bridgehead atoms. The first kappa shape index (κ1) is 41.5. The van der Waals surface area contributed by atoms with Crippen molar-refractivity contribution in [3.8, 4) is 11.4 Å². The Morgan fingerprint density at radius 2 is 1.60 bits per heavy atom. The highest BCUT2D eigenvalue weighted by Gasteiger charge is 2.45. The minimum atomic E-state index is -1.02. The molecule has 2 aromatic heterocycles. The Morgan fingerprint density at radius 3 is 2.32 bits per heavy atom. The van der Waals surface area contributed by atoms with Crippen molar-refractivity contribution in [2.45, 2.75) is 45.1 Å². The van der Waals surface area contributed by atoms with E-state index >= 15 is 0 Å². The smallest absolute Gasteiger partial charge is 0.324 e. The van der Waals surface area contributed by atoms with Gasteiger partial charge in [-0.15, -0.1) is 0 Å². The molecule has 6 amide bonds. The molecule has 0 radical (unpaired) electrons. The standard InChI is InChI=1S/C42H46N8O10/c1-42(2,3)34-24-35(48-60-34)46-41(55)45-26-7-9-27(10-8-26)49-25-44-31-23-28(11-12-32(31)49)59-22-21-58-20-19-57-18-17-56-16-15-43-30-6-4-5-29-37(30)40(54)50(39(29)53)33-13-14-36(51)47-38(33)52/h4-12,23-25,33,43H,13-22H2,1-3H3,(H,47,51,52)(H2,45,46,48,55). The number of nitrogens with one attached hydrogen (secondary N) is 4. The van der Waals surface area contributed by atoms with Crippen molar-refractivity contribution in [1.82, 2.24) is 24.9 Å². The van der Waals surface area contributed by atoms with Crippen molar-refractivity contribution < 1.29 is 47.4 Å². The molecule has 18 nitrogen and oxygen atoms in total. The van der Waals surface area contributed by atoms with Gasteiger partial charge >= 0.3 is 6.03 Å². The van der Waals surface area contributed by atoms with Crippen LogP contribution in [0.15, 0.2) is 77.6 Å². The van der Waals surface area contributed by atoms with Gasteiger partial charge in [-0.05, 0) is 55.0 Å². The lowest BCUT2D eigenvalue weighted by Crippen LogP contribution is -2.54. The van der Waals surface area contributed by atoms with Crippen LogP contribution >= 0.6 is 0 Å². The Bertz CT molecular complexity index is 2370.